The van der Waals surface area contributed by atoms with Crippen LogP contribution in [0.5, 0.6) is 0 Å². The summed E-state index contributed by atoms with van der Waals surface area (Å²) in [5, 5.41) is 0.446. The van der Waals surface area contributed by atoms with Gasteiger partial charge >= 0.3 is 6.09 Å². The Kier molecular flexibility index (Phi) is 6.16. The first kappa shape index (κ1) is 20.5. The quantitative estimate of drug-likeness (QED) is 0.739. The average Bonchev–Trinajstić information content (AvgIpc) is 3.08. The highest BCUT2D eigenvalue weighted by Crippen LogP contribution is 2.28. The highest BCUT2D eigenvalue weighted by Gasteiger charge is 2.23. The molecule has 2 aromatic rings. The van der Waals surface area contributed by atoms with Gasteiger partial charge in [-0.3, -0.25) is 4.90 Å². The number of carbonyl (C=O) groups is 1. The van der Waals surface area contributed by atoms with Gasteiger partial charge < -0.3 is 4.74 Å². The standard InChI is InChI=1S/C19H16Cl2N2O4S/c1-13-11-18(17(21)12-16(13)20)28(25,26)22-8-2-3-14-4-6-15(7-5-14)23-9-10-27-19(23)24/h4-7,11-12,22H,8-10H2,1H3. The minimum atomic E-state index is -3.81. The molecule has 9 heteroatoms. The molecule has 0 aliphatic carbocycles. The molecule has 1 fully saturated rings. The Morgan fingerprint density at radius 1 is 1.18 bits per heavy atom. The predicted octanol–water partition coefficient (Wildman–Crippen LogP) is 3.59. The number of aryl methyl sites for hydroxylation is 1. The molecule has 0 aromatic heterocycles. The third kappa shape index (κ3) is 4.59. The first-order valence-electron chi connectivity index (χ1n) is 8.26. The van der Waals surface area contributed by atoms with Crippen molar-refractivity contribution in [3.63, 3.8) is 0 Å². The summed E-state index contributed by atoms with van der Waals surface area (Å²) in [6, 6.07) is 9.84. The number of sulfonamides is 1. The number of benzene rings is 2. The summed E-state index contributed by atoms with van der Waals surface area (Å²) in [4.78, 5) is 13.0. The minimum Gasteiger partial charge on any atom is -0.447 e. The van der Waals surface area contributed by atoms with E-state index in [4.69, 9.17) is 27.9 Å². The molecule has 0 bridgehead atoms. The Morgan fingerprint density at radius 2 is 1.89 bits per heavy atom. The lowest BCUT2D eigenvalue weighted by Crippen LogP contribution is -2.24. The molecule has 2 aromatic carbocycles. The fourth-order valence-electron chi connectivity index (χ4n) is 2.54. The van der Waals surface area contributed by atoms with Crippen LogP contribution in [-0.2, 0) is 14.8 Å². The SMILES string of the molecule is Cc1cc(S(=O)(=O)NCC#Cc2ccc(N3CCOC3=O)cc2)c(Cl)cc1Cl. The van der Waals surface area contributed by atoms with Crippen LogP contribution in [0.15, 0.2) is 41.3 Å². The zero-order valence-electron chi connectivity index (χ0n) is 14.8. The number of carbonyl (C=O) groups excluding carboxylic acids is 1. The van der Waals surface area contributed by atoms with Gasteiger partial charge in [0.05, 0.1) is 18.1 Å². The summed E-state index contributed by atoms with van der Waals surface area (Å²) in [6.45, 7) is 2.50. The second-order valence-corrected chi connectivity index (χ2v) is 8.52. The number of hydrogen-bond donors (Lipinski definition) is 1. The predicted molar refractivity (Wildman–Crippen MR) is 108 cm³/mol. The summed E-state index contributed by atoms with van der Waals surface area (Å²) in [5.74, 6) is 5.62. The third-order valence-corrected chi connectivity index (χ3v) is 6.30. The van der Waals surface area contributed by atoms with Crippen LogP contribution in [0.25, 0.3) is 0 Å². The van der Waals surface area contributed by atoms with Crippen molar-refractivity contribution < 1.29 is 17.9 Å². The zero-order valence-corrected chi connectivity index (χ0v) is 17.2. The van der Waals surface area contributed by atoms with Gasteiger partial charge in [-0.05, 0) is 48.9 Å². The van der Waals surface area contributed by atoms with Crippen LogP contribution in [0.2, 0.25) is 10.0 Å². The van der Waals surface area contributed by atoms with Crippen LogP contribution in [0, 0.1) is 18.8 Å². The summed E-state index contributed by atoms with van der Waals surface area (Å²) in [7, 11) is -3.81. The first-order chi connectivity index (χ1) is 13.3. The third-order valence-electron chi connectivity index (χ3n) is 4.03. The van der Waals surface area contributed by atoms with E-state index in [1.807, 2.05) is 0 Å². The van der Waals surface area contributed by atoms with Crippen LogP contribution in [0.1, 0.15) is 11.1 Å². The molecule has 6 nitrogen and oxygen atoms in total. The van der Waals surface area contributed by atoms with E-state index in [9.17, 15) is 13.2 Å². The van der Waals surface area contributed by atoms with Crippen molar-refractivity contribution in [2.75, 3.05) is 24.6 Å². The van der Waals surface area contributed by atoms with E-state index in [2.05, 4.69) is 16.6 Å². The zero-order chi connectivity index (χ0) is 20.3. The topological polar surface area (TPSA) is 75.7 Å². The summed E-state index contributed by atoms with van der Waals surface area (Å²) < 4.78 is 32.1. The minimum absolute atomic E-state index is 0.0419. The molecule has 0 radical (unpaired) electrons. The van der Waals surface area contributed by atoms with Gasteiger partial charge in [-0.1, -0.05) is 35.0 Å². The smallest absolute Gasteiger partial charge is 0.414 e. The molecule has 1 N–H and O–H groups in total. The van der Waals surface area contributed by atoms with Crippen molar-refractivity contribution in [3.05, 3.63) is 57.6 Å². The lowest BCUT2D eigenvalue weighted by Gasteiger charge is -2.12. The Morgan fingerprint density at radius 3 is 2.54 bits per heavy atom. The fourth-order valence-corrected chi connectivity index (χ4v) is 4.30. The number of ether oxygens (including phenoxy) is 1. The monoisotopic (exact) mass is 438 g/mol. The van der Waals surface area contributed by atoms with Gasteiger partial charge in [-0.25, -0.2) is 13.2 Å². The van der Waals surface area contributed by atoms with Crippen LogP contribution >= 0.6 is 23.2 Å². The molecule has 1 aliphatic rings. The molecule has 0 unspecified atom stereocenters. The number of rotatable bonds is 4. The molecule has 1 aliphatic heterocycles. The Labute approximate surface area is 173 Å². The van der Waals surface area contributed by atoms with Crippen molar-refractivity contribution in [1.82, 2.24) is 4.72 Å². The van der Waals surface area contributed by atoms with Crippen LogP contribution in [0.3, 0.4) is 0 Å². The molecule has 0 spiro atoms. The average molecular weight is 439 g/mol. The van der Waals surface area contributed by atoms with Crippen LogP contribution in [-0.4, -0.2) is 34.2 Å². The van der Waals surface area contributed by atoms with E-state index < -0.39 is 10.0 Å². The number of hydrogen-bond acceptors (Lipinski definition) is 4. The molecule has 0 saturated carbocycles. The molecule has 1 amide bonds. The summed E-state index contributed by atoms with van der Waals surface area (Å²) in [5.41, 5.74) is 2.02. The van der Waals surface area contributed by atoms with Crippen molar-refractivity contribution in [2.45, 2.75) is 11.8 Å². The number of nitrogens with one attached hydrogen (secondary N) is 1. The molecule has 146 valence electrons. The maximum Gasteiger partial charge on any atom is 0.414 e. The second-order valence-electron chi connectivity index (χ2n) is 5.97. The number of cyclic esters (lactones) is 1. The molecular weight excluding hydrogens is 423 g/mol. The van der Waals surface area contributed by atoms with E-state index in [1.165, 1.54) is 17.0 Å². The number of halogens is 2. The van der Waals surface area contributed by atoms with Crippen molar-refractivity contribution in [1.29, 1.82) is 0 Å². The van der Waals surface area contributed by atoms with Crippen molar-refractivity contribution >= 4 is 45.0 Å². The van der Waals surface area contributed by atoms with Gasteiger partial charge in [0.2, 0.25) is 10.0 Å². The van der Waals surface area contributed by atoms with Crippen LogP contribution < -0.4 is 9.62 Å². The molecule has 28 heavy (non-hydrogen) atoms. The molecule has 1 saturated heterocycles. The Balaban J connectivity index is 1.65. The molecule has 1 heterocycles. The van der Waals surface area contributed by atoms with Gasteiger partial charge in [0.15, 0.2) is 0 Å². The Bertz CT molecular complexity index is 1070. The van der Waals surface area contributed by atoms with Gasteiger partial charge in [-0.2, -0.15) is 4.72 Å². The number of amides is 1. The van der Waals surface area contributed by atoms with E-state index in [0.717, 1.165) is 5.69 Å². The molecular formula is C19H16Cl2N2O4S. The number of nitrogens with zero attached hydrogens (tertiary/aromatic N) is 1. The van der Waals surface area contributed by atoms with Crippen molar-refractivity contribution in [3.8, 4) is 11.8 Å². The Hall–Kier alpha value is -2.24. The lowest BCUT2D eigenvalue weighted by molar-refractivity contribution is 0.181. The lowest BCUT2D eigenvalue weighted by atomic mass is 10.2. The molecule has 3 rings (SSSR count). The summed E-state index contributed by atoms with van der Waals surface area (Å²) in [6.07, 6.45) is -0.371. The maximum atomic E-state index is 12.4. The van der Waals surface area contributed by atoms with E-state index >= 15 is 0 Å². The fraction of sp³-hybridized carbons (Fsp3) is 0.211. The maximum absolute atomic E-state index is 12.4. The highest BCUT2D eigenvalue weighted by atomic mass is 35.5. The molecule has 0 atom stereocenters. The van der Waals surface area contributed by atoms with E-state index in [0.29, 0.717) is 29.3 Å². The van der Waals surface area contributed by atoms with Gasteiger partial charge in [0, 0.05) is 16.3 Å². The normalized spacial score (nSPS) is 13.8. The van der Waals surface area contributed by atoms with Gasteiger partial charge in [0.25, 0.3) is 0 Å². The number of anilines is 1. The second kappa shape index (κ2) is 8.41. The summed E-state index contributed by atoms with van der Waals surface area (Å²) >= 11 is 11.9. The van der Waals surface area contributed by atoms with Gasteiger partial charge in [-0.15, -0.1) is 0 Å². The van der Waals surface area contributed by atoms with Gasteiger partial charge in [0.1, 0.15) is 11.5 Å². The van der Waals surface area contributed by atoms with E-state index in [-0.39, 0.29) is 22.6 Å². The van der Waals surface area contributed by atoms with Crippen molar-refractivity contribution in [2.24, 2.45) is 0 Å². The largest absolute Gasteiger partial charge is 0.447 e. The first-order valence-corrected chi connectivity index (χ1v) is 10.5. The van der Waals surface area contributed by atoms with Crippen LogP contribution in [0.4, 0.5) is 10.5 Å². The van der Waals surface area contributed by atoms with E-state index in [1.54, 1.807) is 31.2 Å². The highest BCUT2D eigenvalue weighted by molar-refractivity contribution is 7.89.